The number of thiophene rings is 1. The van der Waals surface area contributed by atoms with Gasteiger partial charge in [-0.2, -0.15) is 5.10 Å². The molecule has 0 saturated heterocycles. The maximum atomic E-state index is 10.6. The maximum absolute atomic E-state index is 10.6. The smallest absolute Gasteiger partial charge is 0.338 e. The van der Waals surface area contributed by atoms with E-state index in [9.17, 15) is 4.79 Å². The molecule has 0 radical (unpaired) electrons. The van der Waals surface area contributed by atoms with Crippen LogP contribution in [0.3, 0.4) is 0 Å². The van der Waals surface area contributed by atoms with Crippen molar-refractivity contribution in [1.29, 1.82) is 0 Å². The summed E-state index contributed by atoms with van der Waals surface area (Å²) >= 11 is 1.63. The van der Waals surface area contributed by atoms with Gasteiger partial charge in [-0.25, -0.2) is 4.79 Å². The van der Waals surface area contributed by atoms with Gasteiger partial charge in [0.05, 0.1) is 18.3 Å². The summed E-state index contributed by atoms with van der Waals surface area (Å²) in [6, 6.07) is 3.95. The zero-order valence-electron chi connectivity index (χ0n) is 7.25. The van der Waals surface area contributed by atoms with E-state index in [0.717, 1.165) is 4.88 Å². The number of carbonyl (C=O) groups is 1. The van der Waals surface area contributed by atoms with Crippen molar-refractivity contribution in [2.24, 2.45) is 0 Å². The van der Waals surface area contributed by atoms with Gasteiger partial charge in [-0.15, -0.1) is 11.3 Å². The van der Waals surface area contributed by atoms with Gasteiger partial charge in [0.15, 0.2) is 0 Å². The Morgan fingerprint density at radius 3 is 3.07 bits per heavy atom. The third-order valence-corrected chi connectivity index (χ3v) is 2.64. The molecule has 0 saturated carbocycles. The minimum Gasteiger partial charge on any atom is -0.478 e. The first kappa shape index (κ1) is 8.96. The van der Waals surface area contributed by atoms with Crippen molar-refractivity contribution in [3.05, 3.63) is 40.3 Å². The van der Waals surface area contributed by atoms with Crippen LogP contribution in [-0.2, 0) is 6.54 Å². The van der Waals surface area contributed by atoms with E-state index in [-0.39, 0.29) is 5.56 Å². The molecule has 5 heteroatoms. The van der Waals surface area contributed by atoms with Gasteiger partial charge in [-0.05, 0) is 11.4 Å². The van der Waals surface area contributed by atoms with Gasteiger partial charge in [0.2, 0.25) is 0 Å². The second kappa shape index (κ2) is 3.63. The predicted octanol–water partition coefficient (Wildman–Crippen LogP) is 1.69. The van der Waals surface area contributed by atoms with E-state index in [4.69, 9.17) is 5.11 Å². The Hall–Kier alpha value is -1.62. The highest BCUT2D eigenvalue weighted by atomic mass is 32.1. The normalized spacial score (nSPS) is 10.3. The molecule has 0 bridgehead atoms. The quantitative estimate of drug-likeness (QED) is 0.835. The SMILES string of the molecule is O=C(O)c1cnn(Cc2cccs2)c1. The van der Waals surface area contributed by atoms with Crippen molar-refractivity contribution in [3.63, 3.8) is 0 Å². The highest BCUT2D eigenvalue weighted by Crippen LogP contribution is 2.10. The lowest BCUT2D eigenvalue weighted by Gasteiger charge is -1.96. The van der Waals surface area contributed by atoms with Crippen molar-refractivity contribution in [2.45, 2.75) is 6.54 Å². The first-order valence-electron chi connectivity index (χ1n) is 4.04. The Bertz CT molecular complexity index is 433. The molecule has 72 valence electrons. The number of aromatic nitrogens is 2. The minimum absolute atomic E-state index is 0.224. The number of nitrogens with zero attached hydrogens (tertiary/aromatic N) is 2. The molecule has 2 aromatic heterocycles. The van der Waals surface area contributed by atoms with Crippen LogP contribution in [0.1, 0.15) is 15.2 Å². The summed E-state index contributed by atoms with van der Waals surface area (Å²) in [7, 11) is 0. The average Bonchev–Trinajstić information content (AvgIpc) is 2.75. The zero-order valence-corrected chi connectivity index (χ0v) is 8.07. The molecular formula is C9H8N2O2S. The first-order valence-corrected chi connectivity index (χ1v) is 4.92. The van der Waals surface area contributed by atoms with Crippen LogP contribution in [0.15, 0.2) is 29.9 Å². The molecule has 2 rings (SSSR count). The molecular weight excluding hydrogens is 200 g/mol. The van der Waals surface area contributed by atoms with Gasteiger partial charge in [-0.3, -0.25) is 4.68 Å². The van der Waals surface area contributed by atoms with Crippen molar-refractivity contribution >= 4 is 17.3 Å². The Morgan fingerprint density at radius 1 is 1.64 bits per heavy atom. The summed E-state index contributed by atoms with van der Waals surface area (Å²) in [5.41, 5.74) is 0.224. The highest BCUT2D eigenvalue weighted by Gasteiger charge is 2.05. The van der Waals surface area contributed by atoms with Crippen molar-refractivity contribution < 1.29 is 9.90 Å². The second-order valence-corrected chi connectivity index (χ2v) is 3.84. The topological polar surface area (TPSA) is 55.1 Å². The molecule has 2 aromatic rings. The lowest BCUT2D eigenvalue weighted by Crippen LogP contribution is -1.98. The van der Waals surface area contributed by atoms with Crippen LogP contribution in [0.4, 0.5) is 0 Å². The van der Waals surface area contributed by atoms with E-state index in [1.807, 2.05) is 17.5 Å². The molecule has 0 aliphatic heterocycles. The summed E-state index contributed by atoms with van der Waals surface area (Å²) in [5.74, 6) is -0.942. The van der Waals surface area contributed by atoms with Gasteiger partial charge >= 0.3 is 5.97 Å². The average molecular weight is 208 g/mol. The van der Waals surface area contributed by atoms with Crippen LogP contribution in [0.5, 0.6) is 0 Å². The van der Waals surface area contributed by atoms with Crippen molar-refractivity contribution in [3.8, 4) is 0 Å². The molecule has 4 nitrogen and oxygen atoms in total. The van der Waals surface area contributed by atoms with E-state index in [0.29, 0.717) is 6.54 Å². The van der Waals surface area contributed by atoms with Crippen LogP contribution < -0.4 is 0 Å². The summed E-state index contributed by atoms with van der Waals surface area (Å²) in [5, 5.41) is 14.6. The van der Waals surface area contributed by atoms with Gasteiger partial charge in [0, 0.05) is 11.1 Å². The summed E-state index contributed by atoms with van der Waals surface area (Å²) in [6.07, 6.45) is 2.89. The van der Waals surface area contributed by atoms with Gasteiger partial charge in [0.1, 0.15) is 0 Å². The molecule has 0 unspecified atom stereocenters. The number of carboxylic acids is 1. The number of hydrogen-bond acceptors (Lipinski definition) is 3. The summed E-state index contributed by atoms with van der Waals surface area (Å²) in [6.45, 7) is 0.630. The van der Waals surface area contributed by atoms with E-state index < -0.39 is 5.97 Å². The monoisotopic (exact) mass is 208 g/mol. The molecule has 0 aliphatic rings. The third kappa shape index (κ3) is 1.82. The number of aromatic carboxylic acids is 1. The Labute approximate surface area is 84.4 Å². The summed E-state index contributed by atoms with van der Waals surface area (Å²) < 4.78 is 1.62. The fourth-order valence-electron chi connectivity index (χ4n) is 1.12. The Kier molecular flexibility index (Phi) is 2.32. The summed E-state index contributed by atoms with van der Waals surface area (Å²) in [4.78, 5) is 11.7. The Balaban J connectivity index is 2.14. The van der Waals surface area contributed by atoms with E-state index in [2.05, 4.69) is 5.10 Å². The fourth-order valence-corrected chi connectivity index (χ4v) is 1.82. The van der Waals surface area contributed by atoms with Crippen LogP contribution >= 0.6 is 11.3 Å². The van der Waals surface area contributed by atoms with E-state index >= 15 is 0 Å². The van der Waals surface area contributed by atoms with Crippen LogP contribution in [-0.4, -0.2) is 20.9 Å². The highest BCUT2D eigenvalue weighted by molar-refractivity contribution is 7.09. The molecule has 1 N–H and O–H groups in total. The molecule has 0 amide bonds. The lowest BCUT2D eigenvalue weighted by atomic mass is 10.4. The number of carboxylic acid groups (broad SMARTS) is 1. The van der Waals surface area contributed by atoms with Crippen molar-refractivity contribution in [2.75, 3.05) is 0 Å². The third-order valence-electron chi connectivity index (χ3n) is 1.78. The van der Waals surface area contributed by atoms with E-state index in [1.165, 1.54) is 12.4 Å². The molecule has 14 heavy (non-hydrogen) atoms. The fraction of sp³-hybridized carbons (Fsp3) is 0.111. The second-order valence-electron chi connectivity index (χ2n) is 2.81. The first-order chi connectivity index (χ1) is 6.75. The van der Waals surface area contributed by atoms with Crippen LogP contribution in [0, 0.1) is 0 Å². The Morgan fingerprint density at radius 2 is 2.50 bits per heavy atom. The van der Waals surface area contributed by atoms with Gasteiger partial charge in [0.25, 0.3) is 0 Å². The number of hydrogen-bond donors (Lipinski definition) is 1. The van der Waals surface area contributed by atoms with Crippen molar-refractivity contribution in [1.82, 2.24) is 9.78 Å². The largest absolute Gasteiger partial charge is 0.478 e. The molecule has 2 heterocycles. The molecule has 0 aromatic carbocycles. The van der Waals surface area contributed by atoms with E-state index in [1.54, 1.807) is 16.0 Å². The maximum Gasteiger partial charge on any atom is 0.338 e. The molecule has 0 fully saturated rings. The lowest BCUT2D eigenvalue weighted by molar-refractivity contribution is 0.0697. The molecule has 0 spiro atoms. The molecule has 0 atom stereocenters. The predicted molar refractivity (Wildman–Crippen MR) is 52.6 cm³/mol. The van der Waals surface area contributed by atoms with Gasteiger partial charge < -0.3 is 5.11 Å². The zero-order chi connectivity index (χ0) is 9.97. The minimum atomic E-state index is -0.942. The molecule has 0 aliphatic carbocycles. The standard InChI is InChI=1S/C9H8N2O2S/c12-9(13)7-4-10-11(5-7)6-8-2-1-3-14-8/h1-5H,6H2,(H,12,13). The van der Waals surface area contributed by atoms with Crippen LogP contribution in [0.25, 0.3) is 0 Å². The van der Waals surface area contributed by atoms with Crippen LogP contribution in [0.2, 0.25) is 0 Å². The number of rotatable bonds is 3. The van der Waals surface area contributed by atoms with Gasteiger partial charge in [-0.1, -0.05) is 6.07 Å².